The minimum atomic E-state index is -0.702. The van der Waals surface area contributed by atoms with Gasteiger partial charge in [-0.2, -0.15) is 0 Å². The van der Waals surface area contributed by atoms with Gasteiger partial charge in [-0.15, -0.1) is 0 Å². The maximum Gasteiger partial charge on any atom is 0.267 e. The Hall–Kier alpha value is -2.57. The molecule has 29 heavy (non-hydrogen) atoms. The van der Waals surface area contributed by atoms with Crippen LogP contribution in [0.4, 0.5) is 11.4 Å². The zero-order chi connectivity index (χ0) is 20.8. The first-order valence-electron chi connectivity index (χ1n) is 9.77. The Morgan fingerprint density at radius 2 is 1.97 bits per heavy atom. The number of anilines is 2. The van der Waals surface area contributed by atoms with E-state index < -0.39 is 6.10 Å². The van der Waals surface area contributed by atoms with Crippen LogP contribution in [0.15, 0.2) is 48.5 Å². The molecule has 0 saturated carbocycles. The Kier molecular flexibility index (Phi) is 7.12. The van der Waals surface area contributed by atoms with E-state index in [4.69, 9.17) is 16.3 Å². The smallest absolute Gasteiger partial charge is 0.267 e. The molecule has 0 aromatic heterocycles. The van der Waals surface area contributed by atoms with Gasteiger partial charge in [-0.05, 0) is 62.7 Å². The molecule has 154 valence electrons. The molecular weight excluding hydrogens is 390 g/mol. The van der Waals surface area contributed by atoms with E-state index in [1.807, 2.05) is 24.3 Å². The molecule has 1 saturated heterocycles. The average Bonchev–Trinajstić information content (AvgIpc) is 3.21. The Morgan fingerprint density at radius 1 is 1.24 bits per heavy atom. The van der Waals surface area contributed by atoms with Crippen molar-refractivity contribution < 1.29 is 14.3 Å². The first-order valence-corrected chi connectivity index (χ1v) is 10.2. The topological polar surface area (TPSA) is 70.7 Å². The fourth-order valence-electron chi connectivity index (χ4n) is 3.38. The van der Waals surface area contributed by atoms with Crippen LogP contribution in [0.1, 0.15) is 26.7 Å². The average molecular weight is 416 g/mol. The molecule has 0 spiro atoms. The predicted octanol–water partition coefficient (Wildman–Crippen LogP) is 3.85. The molecule has 2 amide bonds. The quantitative estimate of drug-likeness (QED) is 0.720. The van der Waals surface area contributed by atoms with Crippen molar-refractivity contribution in [3.8, 4) is 5.75 Å². The van der Waals surface area contributed by atoms with E-state index in [9.17, 15) is 9.59 Å². The lowest BCUT2D eigenvalue weighted by atomic mass is 10.1. The Balaban J connectivity index is 1.79. The Bertz CT molecular complexity index is 851. The third-order valence-electron chi connectivity index (χ3n) is 4.82. The fourth-order valence-corrected chi connectivity index (χ4v) is 3.56. The summed E-state index contributed by atoms with van der Waals surface area (Å²) in [6.45, 7) is 4.70. The first-order chi connectivity index (χ1) is 13.9. The molecule has 1 heterocycles. The second-order valence-electron chi connectivity index (χ2n) is 7.16. The van der Waals surface area contributed by atoms with Gasteiger partial charge in [-0.1, -0.05) is 23.7 Å². The number of para-hydroxylation sites is 1. The molecule has 1 unspecified atom stereocenters. The minimum absolute atomic E-state index is 0.136. The van der Waals surface area contributed by atoms with Gasteiger partial charge in [0.05, 0.1) is 5.02 Å². The number of nitrogens with zero attached hydrogens (tertiary/aromatic N) is 1. The van der Waals surface area contributed by atoms with E-state index >= 15 is 0 Å². The highest BCUT2D eigenvalue weighted by molar-refractivity contribution is 6.32. The summed E-state index contributed by atoms with van der Waals surface area (Å²) >= 11 is 6.17. The zero-order valence-electron chi connectivity index (χ0n) is 16.7. The normalized spacial score (nSPS) is 16.9. The monoisotopic (exact) mass is 415 g/mol. The van der Waals surface area contributed by atoms with Gasteiger partial charge in [0.25, 0.3) is 5.91 Å². The molecule has 0 radical (unpaired) electrons. The van der Waals surface area contributed by atoms with E-state index in [1.54, 1.807) is 36.1 Å². The summed E-state index contributed by atoms with van der Waals surface area (Å²) in [4.78, 5) is 26.3. The van der Waals surface area contributed by atoms with Crippen LogP contribution >= 0.6 is 11.6 Å². The van der Waals surface area contributed by atoms with Gasteiger partial charge in [0.1, 0.15) is 5.75 Å². The van der Waals surface area contributed by atoms with Crippen LogP contribution in [0.3, 0.4) is 0 Å². The highest BCUT2D eigenvalue weighted by Gasteiger charge is 2.27. The maximum absolute atomic E-state index is 13.3. The predicted molar refractivity (Wildman–Crippen MR) is 116 cm³/mol. The van der Waals surface area contributed by atoms with Gasteiger partial charge in [-0.25, -0.2) is 0 Å². The van der Waals surface area contributed by atoms with E-state index in [1.165, 1.54) is 6.92 Å². The summed E-state index contributed by atoms with van der Waals surface area (Å²) < 4.78 is 5.85. The van der Waals surface area contributed by atoms with E-state index in [0.29, 0.717) is 23.0 Å². The van der Waals surface area contributed by atoms with Gasteiger partial charge in [0.15, 0.2) is 6.10 Å². The Labute approximate surface area is 176 Å². The van der Waals surface area contributed by atoms with E-state index in [0.717, 1.165) is 25.1 Å². The van der Waals surface area contributed by atoms with Crippen molar-refractivity contribution in [2.24, 2.45) is 0 Å². The van der Waals surface area contributed by atoms with Crippen molar-refractivity contribution in [3.05, 3.63) is 53.6 Å². The number of hydrogen-bond donors (Lipinski definition) is 2. The largest absolute Gasteiger partial charge is 0.479 e. The molecular formula is C22H26ClN3O3. The molecule has 2 aromatic rings. The summed E-state index contributed by atoms with van der Waals surface area (Å²) in [5, 5.41) is 6.64. The van der Waals surface area contributed by atoms with Crippen molar-refractivity contribution in [1.29, 1.82) is 0 Å². The van der Waals surface area contributed by atoms with E-state index in [2.05, 4.69) is 10.6 Å². The standard InChI is InChI=1S/C22H26ClN3O3/c1-15(29-21-8-4-3-7-20(21)23)22(28)26(14-18-6-5-13-24-18)19-11-9-17(10-12-19)25-16(2)27/h3-4,7-12,15,18,24H,5-6,13-14H2,1-2H3,(H,25,27)/t15?,18-/m1/s1. The van der Waals surface area contributed by atoms with Crippen LogP contribution in [0, 0.1) is 0 Å². The lowest BCUT2D eigenvalue weighted by Gasteiger charge is -2.29. The van der Waals surface area contributed by atoms with Crippen molar-refractivity contribution in [2.75, 3.05) is 23.3 Å². The van der Waals surface area contributed by atoms with Crippen LogP contribution in [0.5, 0.6) is 5.75 Å². The fraction of sp³-hybridized carbons (Fsp3) is 0.364. The molecule has 1 fully saturated rings. The van der Waals surface area contributed by atoms with Gasteiger partial charge in [0, 0.05) is 30.9 Å². The second kappa shape index (κ2) is 9.76. The third-order valence-corrected chi connectivity index (χ3v) is 5.13. The van der Waals surface area contributed by atoms with Crippen molar-refractivity contribution in [2.45, 2.75) is 38.8 Å². The molecule has 6 nitrogen and oxygen atoms in total. The highest BCUT2D eigenvalue weighted by Crippen LogP contribution is 2.26. The number of amides is 2. The number of rotatable bonds is 7. The van der Waals surface area contributed by atoms with Crippen molar-refractivity contribution in [1.82, 2.24) is 5.32 Å². The van der Waals surface area contributed by atoms with Crippen LogP contribution in [-0.2, 0) is 9.59 Å². The van der Waals surface area contributed by atoms with Gasteiger partial charge in [-0.3, -0.25) is 9.59 Å². The number of nitrogens with one attached hydrogen (secondary N) is 2. The highest BCUT2D eigenvalue weighted by atomic mass is 35.5. The van der Waals surface area contributed by atoms with Gasteiger partial charge < -0.3 is 20.3 Å². The first kappa shape index (κ1) is 21.1. The molecule has 3 rings (SSSR count). The van der Waals surface area contributed by atoms with Crippen LogP contribution < -0.4 is 20.3 Å². The van der Waals surface area contributed by atoms with Crippen LogP contribution in [0.2, 0.25) is 5.02 Å². The zero-order valence-corrected chi connectivity index (χ0v) is 17.4. The lowest BCUT2D eigenvalue weighted by molar-refractivity contribution is -0.124. The third kappa shape index (κ3) is 5.71. The summed E-state index contributed by atoms with van der Waals surface area (Å²) in [5.41, 5.74) is 1.44. The molecule has 2 atom stereocenters. The maximum atomic E-state index is 13.3. The number of ether oxygens (including phenoxy) is 1. The van der Waals surface area contributed by atoms with Gasteiger partial charge >= 0.3 is 0 Å². The lowest BCUT2D eigenvalue weighted by Crippen LogP contribution is -2.46. The number of carbonyl (C=O) groups excluding carboxylic acids is 2. The Morgan fingerprint density at radius 3 is 2.59 bits per heavy atom. The summed E-state index contributed by atoms with van der Waals surface area (Å²) in [6, 6.07) is 14.6. The molecule has 2 aromatic carbocycles. The van der Waals surface area contributed by atoms with Crippen molar-refractivity contribution in [3.63, 3.8) is 0 Å². The summed E-state index contributed by atoms with van der Waals surface area (Å²) in [7, 11) is 0. The summed E-state index contributed by atoms with van der Waals surface area (Å²) in [5.74, 6) is 0.198. The number of carbonyl (C=O) groups is 2. The summed E-state index contributed by atoms with van der Waals surface area (Å²) in [6.07, 6.45) is 1.42. The molecule has 1 aliphatic rings. The molecule has 0 bridgehead atoms. The molecule has 7 heteroatoms. The van der Waals surface area contributed by atoms with Crippen LogP contribution in [-0.4, -0.2) is 37.0 Å². The number of halogens is 1. The second-order valence-corrected chi connectivity index (χ2v) is 7.57. The number of hydrogen-bond acceptors (Lipinski definition) is 4. The van der Waals surface area contributed by atoms with Crippen LogP contribution in [0.25, 0.3) is 0 Å². The molecule has 0 aliphatic carbocycles. The van der Waals surface area contributed by atoms with Gasteiger partial charge in [0.2, 0.25) is 5.91 Å². The minimum Gasteiger partial charge on any atom is -0.479 e. The molecule has 1 aliphatic heterocycles. The van der Waals surface area contributed by atoms with Crippen molar-refractivity contribution >= 4 is 34.8 Å². The number of benzene rings is 2. The SMILES string of the molecule is CC(=O)Nc1ccc(N(C[C@H]2CCCN2)C(=O)C(C)Oc2ccccc2Cl)cc1. The molecule has 2 N–H and O–H groups in total. The van der Waals surface area contributed by atoms with E-state index in [-0.39, 0.29) is 17.9 Å².